The average molecular weight is 477 g/mol. The molecule has 1 amide bonds. The summed E-state index contributed by atoms with van der Waals surface area (Å²) in [5, 5.41) is 9.90. The molecule has 0 aromatic heterocycles. The smallest absolute Gasteiger partial charge is 0.225 e. The molecule has 0 bridgehead atoms. The summed E-state index contributed by atoms with van der Waals surface area (Å²) < 4.78 is 11.7. The van der Waals surface area contributed by atoms with Crippen molar-refractivity contribution in [3.8, 4) is 11.5 Å². The Morgan fingerprint density at radius 1 is 1.28 bits per heavy atom. The molecule has 4 rings (SSSR count). The van der Waals surface area contributed by atoms with Crippen LogP contribution >= 0.6 is 23.4 Å². The van der Waals surface area contributed by atoms with Gasteiger partial charge < -0.3 is 14.6 Å². The van der Waals surface area contributed by atoms with E-state index in [1.165, 1.54) is 0 Å². The third kappa shape index (κ3) is 4.86. The molecule has 32 heavy (non-hydrogen) atoms. The van der Waals surface area contributed by atoms with Crippen molar-refractivity contribution in [2.24, 2.45) is 0 Å². The van der Waals surface area contributed by atoms with Crippen molar-refractivity contribution >= 4 is 35.0 Å². The Bertz CT molecular complexity index is 973. The minimum atomic E-state index is -0.261. The molecule has 2 aliphatic rings. The van der Waals surface area contributed by atoms with E-state index in [4.69, 9.17) is 21.1 Å². The Balaban J connectivity index is 1.52. The topological polar surface area (TPSA) is 62.2 Å². The van der Waals surface area contributed by atoms with Crippen LogP contribution in [0.15, 0.2) is 41.3 Å². The van der Waals surface area contributed by atoms with E-state index < -0.39 is 0 Å². The number of amides is 1. The van der Waals surface area contributed by atoms with Gasteiger partial charge in [0.2, 0.25) is 5.91 Å². The molecule has 6 nitrogen and oxygen atoms in total. The first kappa shape index (κ1) is 23.2. The minimum Gasteiger partial charge on any atom is -0.497 e. The zero-order valence-corrected chi connectivity index (χ0v) is 20.0. The number of hydrogen-bond acceptors (Lipinski definition) is 6. The maximum absolute atomic E-state index is 12.6. The van der Waals surface area contributed by atoms with Gasteiger partial charge in [-0.3, -0.25) is 14.6 Å². The van der Waals surface area contributed by atoms with Crippen LogP contribution in [0.2, 0.25) is 5.02 Å². The second kappa shape index (κ2) is 10.3. The predicted molar refractivity (Wildman–Crippen MR) is 128 cm³/mol. The van der Waals surface area contributed by atoms with E-state index in [9.17, 15) is 9.90 Å². The Morgan fingerprint density at radius 3 is 2.88 bits per heavy atom. The molecule has 0 aliphatic carbocycles. The summed E-state index contributed by atoms with van der Waals surface area (Å²) in [4.78, 5) is 17.7. The number of nitrogens with zero attached hydrogens (tertiary/aromatic N) is 2. The summed E-state index contributed by atoms with van der Waals surface area (Å²) in [7, 11) is 1.63. The minimum absolute atomic E-state index is 0.0404. The Hall–Kier alpha value is -1.93. The number of halogens is 1. The number of anilines is 1. The highest BCUT2D eigenvalue weighted by molar-refractivity contribution is 8.00. The van der Waals surface area contributed by atoms with Crippen molar-refractivity contribution in [1.29, 1.82) is 0 Å². The highest BCUT2D eigenvalue weighted by Crippen LogP contribution is 2.54. The molecule has 2 unspecified atom stereocenters. The summed E-state index contributed by atoms with van der Waals surface area (Å²) >= 11 is 7.79. The van der Waals surface area contributed by atoms with Gasteiger partial charge in [0.05, 0.1) is 26.0 Å². The van der Waals surface area contributed by atoms with Gasteiger partial charge in [-0.15, -0.1) is 0 Å². The molecule has 2 aromatic rings. The maximum Gasteiger partial charge on any atom is 0.225 e. The summed E-state index contributed by atoms with van der Waals surface area (Å²) in [6.45, 7) is 4.29. The number of benzene rings is 2. The van der Waals surface area contributed by atoms with E-state index in [-0.39, 0.29) is 23.9 Å². The first-order chi connectivity index (χ1) is 15.5. The number of ether oxygens (including phenoxy) is 2. The molecule has 2 heterocycles. The molecule has 2 aromatic carbocycles. The van der Waals surface area contributed by atoms with Crippen LogP contribution in [0.1, 0.15) is 37.1 Å². The number of carbonyl (C=O) groups is 1. The molecule has 1 fully saturated rings. The summed E-state index contributed by atoms with van der Waals surface area (Å²) in [6, 6.07) is 11.6. The lowest BCUT2D eigenvalue weighted by Crippen LogP contribution is -2.33. The molecule has 0 spiro atoms. The number of thioether (sulfide) groups is 1. The van der Waals surface area contributed by atoms with Crippen molar-refractivity contribution < 1.29 is 19.4 Å². The Morgan fingerprint density at radius 2 is 2.12 bits per heavy atom. The maximum atomic E-state index is 12.6. The number of hydrogen-bond donors (Lipinski definition) is 1. The largest absolute Gasteiger partial charge is 0.497 e. The first-order valence-corrected chi connectivity index (χ1v) is 12.2. The fourth-order valence-electron chi connectivity index (χ4n) is 4.44. The van der Waals surface area contributed by atoms with E-state index in [0.717, 1.165) is 54.2 Å². The van der Waals surface area contributed by atoms with E-state index >= 15 is 0 Å². The van der Waals surface area contributed by atoms with Crippen LogP contribution < -0.4 is 14.4 Å². The second-order valence-corrected chi connectivity index (χ2v) is 9.65. The molecule has 8 heteroatoms. The molecule has 1 saturated heterocycles. The lowest BCUT2D eigenvalue weighted by atomic mass is 10.1. The Kier molecular flexibility index (Phi) is 7.51. The number of fused-ring (bicyclic) bond motifs is 1. The highest BCUT2D eigenvalue weighted by atomic mass is 35.5. The van der Waals surface area contributed by atoms with Crippen molar-refractivity contribution in [3.05, 3.63) is 47.0 Å². The molecule has 0 saturated carbocycles. The molecule has 1 N–H and O–H groups in total. The van der Waals surface area contributed by atoms with Crippen LogP contribution in [0, 0.1) is 0 Å². The van der Waals surface area contributed by atoms with Gasteiger partial charge in [-0.25, -0.2) is 0 Å². The van der Waals surface area contributed by atoms with Gasteiger partial charge in [0.1, 0.15) is 16.9 Å². The number of likely N-dealkylation sites (tertiary alicyclic amines) is 1. The van der Waals surface area contributed by atoms with Crippen LogP contribution in [0.4, 0.5) is 5.69 Å². The lowest BCUT2D eigenvalue weighted by molar-refractivity contribution is -0.116. The molecule has 2 atom stereocenters. The van der Waals surface area contributed by atoms with E-state index in [1.807, 2.05) is 30.3 Å². The zero-order valence-electron chi connectivity index (χ0n) is 18.4. The van der Waals surface area contributed by atoms with Crippen LogP contribution in [-0.2, 0) is 4.79 Å². The SMILES string of the molecule is COc1ccc(OCCCN2CCCC2CO)c(C2Sc3cc(Cl)ccc3N2C(C)=O)c1. The second-order valence-electron chi connectivity index (χ2n) is 8.09. The molecular weight excluding hydrogens is 448 g/mol. The van der Waals surface area contributed by atoms with Crippen LogP contribution in [0.5, 0.6) is 11.5 Å². The van der Waals surface area contributed by atoms with E-state index in [1.54, 1.807) is 36.8 Å². The summed E-state index contributed by atoms with van der Waals surface area (Å²) in [6.07, 6.45) is 3.06. The lowest BCUT2D eigenvalue weighted by Gasteiger charge is -2.26. The first-order valence-electron chi connectivity index (χ1n) is 10.9. The predicted octanol–water partition coefficient (Wildman–Crippen LogP) is 4.73. The van der Waals surface area contributed by atoms with Crippen molar-refractivity contribution in [1.82, 2.24) is 4.90 Å². The van der Waals surface area contributed by atoms with Crippen LogP contribution in [-0.4, -0.2) is 55.4 Å². The number of rotatable bonds is 8. The molecule has 0 radical (unpaired) electrons. The third-order valence-electron chi connectivity index (χ3n) is 6.03. The summed E-state index contributed by atoms with van der Waals surface area (Å²) in [5.74, 6) is 1.42. The summed E-state index contributed by atoms with van der Waals surface area (Å²) in [5.41, 5.74) is 1.75. The van der Waals surface area contributed by atoms with Gasteiger partial charge >= 0.3 is 0 Å². The molecule has 172 valence electrons. The average Bonchev–Trinajstić information content (AvgIpc) is 3.40. The van der Waals surface area contributed by atoms with Gasteiger partial charge in [0, 0.05) is 35.0 Å². The van der Waals surface area contributed by atoms with E-state index in [2.05, 4.69) is 4.90 Å². The fourth-order valence-corrected chi connectivity index (χ4v) is 6.08. The number of carbonyl (C=O) groups excluding carboxylic acids is 1. The number of aliphatic hydroxyl groups is 1. The van der Waals surface area contributed by atoms with Gasteiger partial charge in [-0.05, 0) is 62.2 Å². The van der Waals surface area contributed by atoms with Gasteiger partial charge in [-0.1, -0.05) is 23.4 Å². The highest BCUT2D eigenvalue weighted by Gasteiger charge is 2.36. The standard InChI is InChI=1S/C24H29ClN2O4S/c1-16(29)27-21-8-6-17(25)13-23(21)32-24(27)20-14-19(30-2)7-9-22(20)31-12-4-11-26-10-3-5-18(26)15-28/h6-9,13-14,18,24,28H,3-5,10-12,15H2,1-2H3. The van der Waals surface area contributed by atoms with E-state index in [0.29, 0.717) is 17.4 Å². The fraction of sp³-hybridized carbons (Fsp3) is 0.458. The van der Waals surface area contributed by atoms with Crippen molar-refractivity contribution in [2.45, 2.75) is 42.5 Å². The van der Waals surface area contributed by atoms with Gasteiger partial charge in [0.25, 0.3) is 0 Å². The van der Waals surface area contributed by atoms with Crippen molar-refractivity contribution in [2.75, 3.05) is 38.3 Å². The number of aliphatic hydroxyl groups excluding tert-OH is 1. The van der Waals surface area contributed by atoms with Crippen molar-refractivity contribution in [3.63, 3.8) is 0 Å². The Labute approximate surface area is 198 Å². The van der Waals surface area contributed by atoms with Crippen LogP contribution in [0.3, 0.4) is 0 Å². The van der Waals surface area contributed by atoms with Gasteiger partial charge in [-0.2, -0.15) is 0 Å². The van der Waals surface area contributed by atoms with Gasteiger partial charge in [0.15, 0.2) is 0 Å². The molecule has 2 aliphatic heterocycles. The third-order valence-corrected chi connectivity index (χ3v) is 7.54. The molecular formula is C24H29ClN2O4S. The van der Waals surface area contributed by atoms with Crippen LogP contribution in [0.25, 0.3) is 0 Å². The normalized spacial score (nSPS) is 20.4. The monoisotopic (exact) mass is 476 g/mol. The number of methoxy groups -OCH3 is 1. The zero-order chi connectivity index (χ0) is 22.7. The quantitative estimate of drug-likeness (QED) is 0.556.